The highest BCUT2D eigenvalue weighted by molar-refractivity contribution is 9.10. The molecule has 160 valence electrons. The summed E-state index contributed by atoms with van der Waals surface area (Å²) in [6.07, 6.45) is 5.76. The Morgan fingerprint density at radius 1 is 1.09 bits per heavy atom. The molecule has 0 amide bonds. The molecule has 1 aliphatic carbocycles. The smallest absolute Gasteiger partial charge is 0.165 e. The molecular formula is C24H21BrN6O. The summed E-state index contributed by atoms with van der Waals surface area (Å²) >= 11 is 3.60. The van der Waals surface area contributed by atoms with Gasteiger partial charge in [0, 0.05) is 28.8 Å². The predicted octanol–water partition coefficient (Wildman–Crippen LogP) is 4.72. The second kappa shape index (κ2) is 8.01. The molecule has 8 heteroatoms. The standard InChI is InChI=1S/C24H21BrN6O/c25-20-21(16-8-10-24(32,14-26)11-9-16)30-23-18(13-29-31(23)22(20)27)17-6-7-19(28-12-17)15-4-2-1-3-5-15/h1-7,12-13,16,32H,8-11,27H2. The second-order valence-corrected chi connectivity index (χ2v) is 9.00. The second-order valence-electron chi connectivity index (χ2n) is 8.21. The van der Waals surface area contributed by atoms with Crippen molar-refractivity contribution in [2.75, 3.05) is 5.73 Å². The first-order chi connectivity index (χ1) is 15.5. The number of aliphatic hydroxyl groups is 1. The highest BCUT2D eigenvalue weighted by atomic mass is 79.9. The zero-order valence-corrected chi connectivity index (χ0v) is 18.8. The average molecular weight is 489 g/mol. The summed E-state index contributed by atoms with van der Waals surface area (Å²) in [6, 6.07) is 16.1. The van der Waals surface area contributed by atoms with Crippen LogP contribution in [0, 0.1) is 11.3 Å². The monoisotopic (exact) mass is 488 g/mol. The Hall–Kier alpha value is -3.28. The van der Waals surface area contributed by atoms with Gasteiger partial charge in [-0.05, 0) is 47.7 Å². The maximum atomic E-state index is 10.3. The zero-order valence-electron chi connectivity index (χ0n) is 17.2. The van der Waals surface area contributed by atoms with Crippen LogP contribution in [-0.2, 0) is 0 Å². The molecule has 3 aromatic heterocycles. The van der Waals surface area contributed by atoms with Crippen LogP contribution in [0.4, 0.5) is 5.82 Å². The van der Waals surface area contributed by atoms with E-state index in [4.69, 9.17) is 10.7 Å². The molecule has 0 atom stereocenters. The van der Waals surface area contributed by atoms with Crippen molar-refractivity contribution in [1.82, 2.24) is 19.6 Å². The summed E-state index contributed by atoms with van der Waals surface area (Å²) in [7, 11) is 0. The highest BCUT2D eigenvalue weighted by Crippen LogP contribution is 2.41. The minimum Gasteiger partial charge on any atom is -0.383 e. The third-order valence-corrected chi connectivity index (χ3v) is 7.01. The summed E-state index contributed by atoms with van der Waals surface area (Å²) in [4.78, 5) is 9.56. The van der Waals surface area contributed by atoms with E-state index >= 15 is 0 Å². The number of rotatable bonds is 3. The summed E-state index contributed by atoms with van der Waals surface area (Å²) in [6.45, 7) is 0. The topological polar surface area (TPSA) is 113 Å². The molecule has 0 unspecified atom stereocenters. The normalized spacial score (nSPS) is 20.8. The van der Waals surface area contributed by atoms with E-state index in [1.54, 1.807) is 10.7 Å². The van der Waals surface area contributed by atoms with Crippen LogP contribution in [0.5, 0.6) is 0 Å². The van der Waals surface area contributed by atoms with Crippen molar-refractivity contribution < 1.29 is 5.11 Å². The molecule has 5 rings (SSSR count). The summed E-state index contributed by atoms with van der Waals surface area (Å²) in [5, 5.41) is 23.9. The molecule has 0 saturated heterocycles. The predicted molar refractivity (Wildman–Crippen MR) is 126 cm³/mol. The van der Waals surface area contributed by atoms with Gasteiger partial charge in [-0.1, -0.05) is 36.4 Å². The Morgan fingerprint density at radius 2 is 1.84 bits per heavy atom. The van der Waals surface area contributed by atoms with Crippen LogP contribution in [-0.4, -0.2) is 30.3 Å². The average Bonchev–Trinajstić information content (AvgIpc) is 3.27. The minimum absolute atomic E-state index is 0.103. The van der Waals surface area contributed by atoms with Crippen molar-refractivity contribution >= 4 is 27.4 Å². The van der Waals surface area contributed by atoms with Gasteiger partial charge in [0.1, 0.15) is 5.82 Å². The van der Waals surface area contributed by atoms with E-state index in [1.165, 1.54) is 0 Å². The molecule has 0 aliphatic heterocycles. The van der Waals surface area contributed by atoms with Crippen molar-refractivity contribution in [3.63, 3.8) is 0 Å². The number of anilines is 1. The lowest BCUT2D eigenvalue weighted by molar-refractivity contribution is 0.0523. The number of pyridine rings is 1. The van der Waals surface area contributed by atoms with E-state index in [-0.39, 0.29) is 5.92 Å². The van der Waals surface area contributed by atoms with Crippen LogP contribution in [0.3, 0.4) is 0 Å². The number of fused-ring (bicyclic) bond motifs is 1. The number of hydrogen-bond donors (Lipinski definition) is 2. The first-order valence-corrected chi connectivity index (χ1v) is 11.3. The molecule has 3 heterocycles. The summed E-state index contributed by atoms with van der Waals surface area (Å²) in [5.41, 5.74) is 10.4. The SMILES string of the molecule is N#CC1(O)CCC(c2nc3c(-c4ccc(-c5ccccc5)nc4)cnn3c(N)c2Br)CC1. The molecule has 1 saturated carbocycles. The Bertz CT molecular complexity index is 1320. The quantitative estimate of drug-likeness (QED) is 0.403. The number of aromatic nitrogens is 4. The molecule has 3 N–H and O–H groups in total. The third kappa shape index (κ3) is 3.53. The number of nitrogens with two attached hydrogens (primary N) is 1. The molecule has 1 fully saturated rings. The Kier molecular flexibility index (Phi) is 5.16. The van der Waals surface area contributed by atoms with Gasteiger partial charge in [-0.25, -0.2) is 4.98 Å². The van der Waals surface area contributed by atoms with Gasteiger partial charge in [-0.15, -0.1) is 0 Å². The lowest BCUT2D eigenvalue weighted by atomic mass is 9.78. The van der Waals surface area contributed by atoms with Crippen LogP contribution < -0.4 is 5.73 Å². The van der Waals surface area contributed by atoms with E-state index in [1.807, 2.05) is 54.7 Å². The largest absolute Gasteiger partial charge is 0.383 e. The van der Waals surface area contributed by atoms with Gasteiger partial charge in [0.25, 0.3) is 0 Å². The Labute approximate surface area is 193 Å². The van der Waals surface area contributed by atoms with Gasteiger partial charge in [0.05, 0.1) is 28.1 Å². The number of benzene rings is 1. The van der Waals surface area contributed by atoms with Gasteiger partial charge >= 0.3 is 0 Å². The maximum absolute atomic E-state index is 10.3. The summed E-state index contributed by atoms with van der Waals surface area (Å²) < 4.78 is 2.34. The van der Waals surface area contributed by atoms with Crippen LogP contribution in [0.1, 0.15) is 37.3 Å². The Morgan fingerprint density at radius 3 is 2.50 bits per heavy atom. The number of halogens is 1. The van der Waals surface area contributed by atoms with Crippen molar-refractivity contribution in [2.24, 2.45) is 0 Å². The van der Waals surface area contributed by atoms with E-state index in [0.29, 0.717) is 41.6 Å². The fourth-order valence-electron chi connectivity index (χ4n) is 4.30. The number of nitriles is 1. The lowest BCUT2D eigenvalue weighted by Crippen LogP contribution is -2.32. The van der Waals surface area contributed by atoms with E-state index in [0.717, 1.165) is 28.1 Å². The molecule has 0 radical (unpaired) electrons. The first-order valence-electron chi connectivity index (χ1n) is 10.5. The molecule has 1 aliphatic rings. The van der Waals surface area contributed by atoms with Crippen molar-refractivity contribution in [2.45, 2.75) is 37.2 Å². The zero-order chi connectivity index (χ0) is 22.3. The molecule has 7 nitrogen and oxygen atoms in total. The number of nitrogens with zero attached hydrogens (tertiary/aromatic N) is 5. The van der Waals surface area contributed by atoms with E-state index in [9.17, 15) is 10.4 Å². The minimum atomic E-state index is -1.24. The highest BCUT2D eigenvalue weighted by Gasteiger charge is 2.35. The fraction of sp³-hybridized carbons (Fsp3) is 0.250. The van der Waals surface area contributed by atoms with Crippen molar-refractivity contribution in [1.29, 1.82) is 5.26 Å². The van der Waals surface area contributed by atoms with Gasteiger partial charge in [-0.3, -0.25) is 4.98 Å². The molecular weight excluding hydrogens is 468 g/mol. The van der Waals surface area contributed by atoms with Gasteiger partial charge < -0.3 is 10.8 Å². The van der Waals surface area contributed by atoms with E-state index in [2.05, 4.69) is 26.0 Å². The first kappa shape index (κ1) is 20.6. The third-order valence-electron chi connectivity index (χ3n) is 6.20. The van der Waals surface area contributed by atoms with Crippen LogP contribution in [0.25, 0.3) is 28.0 Å². The fourth-order valence-corrected chi connectivity index (χ4v) is 4.88. The number of hydrogen-bond acceptors (Lipinski definition) is 6. The molecule has 0 spiro atoms. The molecule has 4 aromatic rings. The summed E-state index contributed by atoms with van der Waals surface area (Å²) in [5.74, 6) is 0.581. The van der Waals surface area contributed by atoms with Gasteiger partial charge in [-0.2, -0.15) is 14.9 Å². The molecule has 1 aromatic carbocycles. The Balaban J connectivity index is 1.52. The molecule has 32 heavy (non-hydrogen) atoms. The number of nitrogen functional groups attached to an aromatic ring is 1. The van der Waals surface area contributed by atoms with E-state index < -0.39 is 5.60 Å². The molecule has 0 bridgehead atoms. The van der Waals surface area contributed by atoms with Crippen LogP contribution >= 0.6 is 15.9 Å². The van der Waals surface area contributed by atoms with Crippen LogP contribution in [0.2, 0.25) is 0 Å². The van der Waals surface area contributed by atoms with Gasteiger partial charge in [0.15, 0.2) is 11.2 Å². The lowest BCUT2D eigenvalue weighted by Gasteiger charge is -2.31. The van der Waals surface area contributed by atoms with Crippen molar-refractivity contribution in [3.8, 4) is 28.5 Å². The van der Waals surface area contributed by atoms with Crippen LogP contribution in [0.15, 0.2) is 59.3 Å². The van der Waals surface area contributed by atoms with Gasteiger partial charge in [0.2, 0.25) is 0 Å². The van der Waals surface area contributed by atoms with Crippen molar-refractivity contribution in [3.05, 3.63) is 65.0 Å². The maximum Gasteiger partial charge on any atom is 0.165 e.